The molecule has 0 radical (unpaired) electrons. The van der Waals surface area contributed by atoms with Crippen molar-refractivity contribution in [1.82, 2.24) is 4.72 Å². The van der Waals surface area contributed by atoms with Crippen molar-refractivity contribution in [2.75, 3.05) is 0 Å². The smallest absolute Gasteiger partial charge is 0.212 e. The van der Waals surface area contributed by atoms with Crippen LogP contribution in [-0.4, -0.2) is 19.7 Å². The summed E-state index contributed by atoms with van der Waals surface area (Å²) in [6, 6.07) is 0.227. The van der Waals surface area contributed by atoms with E-state index in [4.69, 9.17) is 0 Å². The van der Waals surface area contributed by atoms with Crippen molar-refractivity contribution in [2.45, 2.75) is 76.5 Å². The molecule has 1 atom stereocenters. The molecule has 0 bridgehead atoms. The highest BCUT2D eigenvalue weighted by molar-refractivity contribution is 7.90. The van der Waals surface area contributed by atoms with E-state index in [1.165, 1.54) is 6.42 Å². The Morgan fingerprint density at radius 3 is 2.38 bits per heavy atom. The van der Waals surface area contributed by atoms with Crippen LogP contribution < -0.4 is 4.72 Å². The summed E-state index contributed by atoms with van der Waals surface area (Å²) in [6.07, 6.45) is 8.05. The van der Waals surface area contributed by atoms with Crippen molar-refractivity contribution in [3.8, 4) is 0 Å². The van der Waals surface area contributed by atoms with Crippen LogP contribution in [0.3, 0.4) is 0 Å². The van der Waals surface area contributed by atoms with Crippen LogP contribution in [0.1, 0.15) is 65.2 Å². The van der Waals surface area contributed by atoms with Crippen molar-refractivity contribution < 1.29 is 8.42 Å². The first-order valence-corrected chi connectivity index (χ1v) is 8.16. The Morgan fingerprint density at radius 2 is 1.94 bits per heavy atom. The maximum Gasteiger partial charge on any atom is 0.214 e. The monoisotopic (exact) mass is 247 g/mol. The lowest BCUT2D eigenvalue weighted by Crippen LogP contribution is -2.44. The van der Waals surface area contributed by atoms with E-state index in [0.29, 0.717) is 0 Å². The van der Waals surface area contributed by atoms with Gasteiger partial charge in [0.2, 0.25) is 10.0 Å². The zero-order chi connectivity index (χ0) is 12.0. The fourth-order valence-electron chi connectivity index (χ4n) is 2.06. The van der Waals surface area contributed by atoms with Gasteiger partial charge >= 0.3 is 0 Å². The lowest BCUT2D eigenvalue weighted by Gasteiger charge is -2.28. The van der Waals surface area contributed by atoms with Gasteiger partial charge in [0.25, 0.3) is 0 Å². The third-order valence-corrected chi connectivity index (χ3v) is 5.57. The lowest BCUT2D eigenvalue weighted by molar-refractivity contribution is 0.380. The molecule has 1 rings (SSSR count). The molecule has 4 heteroatoms. The van der Waals surface area contributed by atoms with Gasteiger partial charge in [0.05, 0.1) is 5.25 Å². The highest BCUT2D eigenvalue weighted by Crippen LogP contribution is 2.21. The molecule has 1 aliphatic rings. The van der Waals surface area contributed by atoms with Gasteiger partial charge in [-0.3, -0.25) is 0 Å². The Bertz CT molecular complexity index is 283. The number of rotatable bonds is 8. The molecule has 0 aromatic carbocycles. The second kappa shape index (κ2) is 6.60. The van der Waals surface area contributed by atoms with E-state index < -0.39 is 10.0 Å². The molecule has 16 heavy (non-hydrogen) atoms. The average Bonchev–Trinajstić information content (AvgIpc) is 2.18. The van der Waals surface area contributed by atoms with Crippen molar-refractivity contribution in [2.24, 2.45) is 0 Å². The van der Waals surface area contributed by atoms with Crippen LogP contribution in [-0.2, 0) is 10.0 Å². The molecule has 96 valence electrons. The van der Waals surface area contributed by atoms with Gasteiger partial charge < -0.3 is 0 Å². The molecule has 1 aliphatic carbocycles. The zero-order valence-electron chi connectivity index (χ0n) is 10.5. The molecule has 1 saturated carbocycles. The Morgan fingerprint density at radius 1 is 1.25 bits per heavy atom. The summed E-state index contributed by atoms with van der Waals surface area (Å²) in [5.74, 6) is 0. The van der Waals surface area contributed by atoms with Gasteiger partial charge in [-0.05, 0) is 25.7 Å². The van der Waals surface area contributed by atoms with E-state index in [1.54, 1.807) is 0 Å². The number of unbranched alkanes of at least 4 members (excludes halogenated alkanes) is 2. The standard InChI is InChI=1S/C12H25NO2S/c1-3-5-6-10-12(4-2)16(14,15)13-11-8-7-9-11/h11-13H,3-10H2,1-2H3. The van der Waals surface area contributed by atoms with Crippen LogP contribution in [0, 0.1) is 0 Å². The minimum atomic E-state index is -3.06. The highest BCUT2D eigenvalue weighted by Gasteiger charge is 2.28. The molecular formula is C12H25NO2S. The molecule has 0 heterocycles. The van der Waals surface area contributed by atoms with Crippen LogP contribution in [0.5, 0.6) is 0 Å². The molecule has 0 amide bonds. The van der Waals surface area contributed by atoms with Crippen LogP contribution >= 0.6 is 0 Å². The van der Waals surface area contributed by atoms with Gasteiger partial charge in [0.1, 0.15) is 0 Å². The van der Waals surface area contributed by atoms with E-state index in [1.807, 2.05) is 6.92 Å². The molecule has 0 saturated heterocycles. The predicted molar refractivity (Wildman–Crippen MR) is 67.9 cm³/mol. The van der Waals surface area contributed by atoms with Crippen molar-refractivity contribution >= 4 is 10.0 Å². The molecular weight excluding hydrogens is 222 g/mol. The second-order valence-corrected chi connectivity index (χ2v) is 6.81. The van der Waals surface area contributed by atoms with Gasteiger partial charge in [0.15, 0.2) is 0 Å². The van der Waals surface area contributed by atoms with Gasteiger partial charge in [0, 0.05) is 6.04 Å². The van der Waals surface area contributed by atoms with E-state index in [-0.39, 0.29) is 11.3 Å². The quantitative estimate of drug-likeness (QED) is 0.670. The predicted octanol–water partition coefficient (Wildman–Crippen LogP) is 2.82. The average molecular weight is 247 g/mol. The summed E-state index contributed by atoms with van der Waals surface area (Å²) < 4.78 is 26.9. The molecule has 1 fully saturated rings. The fourth-order valence-corrected chi connectivity index (χ4v) is 3.86. The van der Waals surface area contributed by atoms with Gasteiger partial charge in [-0.2, -0.15) is 0 Å². The van der Waals surface area contributed by atoms with Crippen LogP contribution in [0.4, 0.5) is 0 Å². The van der Waals surface area contributed by atoms with Crippen LogP contribution in [0.2, 0.25) is 0 Å². The van der Waals surface area contributed by atoms with E-state index in [0.717, 1.165) is 44.9 Å². The third kappa shape index (κ3) is 4.06. The van der Waals surface area contributed by atoms with Gasteiger partial charge in [-0.15, -0.1) is 0 Å². The first-order valence-electron chi connectivity index (χ1n) is 6.61. The second-order valence-electron chi connectivity index (χ2n) is 4.82. The first kappa shape index (κ1) is 14.0. The fraction of sp³-hybridized carbons (Fsp3) is 1.00. The molecule has 0 aromatic rings. The Hall–Kier alpha value is -0.0900. The minimum absolute atomic E-state index is 0.181. The summed E-state index contributed by atoms with van der Waals surface area (Å²) in [5.41, 5.74) is 0. The third-order valence-electron chi connectivity index (χ3n) is 3.46. The molecule has 0 spiro atoms. The molecule has 1 N–H and O–H groups in total. The Labute approximate surface area is 100 Å². The normalized spacial score (nSPS) is 19.4. The van der Waals surface area contributed by atoms with Crippen LogP contribution in [0.15, 0.2) is 0 Å². The van der Waals surface area contributed by atoms with Crippen molar-refractivity contribution in [1.29, 1.82) is 0 Å². The maximum absolute atomic E-state index is 12.0. The van der Waals surface area contributed by atoms with Crippen molar-refractivity contribution in [3.05, 3.63) is 0 Å². The molecule has 0 aliphatic heterocycles. The Kier molecular flexibility index (Phi) is 5.76. The summed E-state index contributed by atoms with van der Waals surface area (Å²) >= 11 is 0. The van der Waals surface area contributed by atoms with E-state index >= 15 is 0 Å². The SMILES string of the molecule is CCCCCC(CC)S(=O)(=O)NC1CCC1. The van der Waals surface area contributed by atoms with Crippen LogP contribution in [0.25, 0.3) is 0 Å². The van der Waals surface area contributed by atoms with E-state index in [2.05, 4.69) is 11.6 Å². The largest absolute Gasteiger partial charge is 0.214 e. The summed E-state index contributed by atoms with van der Waals surface area (Å²) in [4.78, 5) is 0. The lowest BCUT2D eigenvalue weighted by atomic mass is 9.94. The first-order chi connectivity index (χ1) is 7.60. The summed E-state index contributed by atoms with van der Waals surface area (Å²) in [5, 5.41) is -0.181. The Balaban J connectivity index is 2.41. The number of sulfonamides is 1. The number of hydrogen-bond acceptors (Lipinski definition) is 2. The van der Waals surface area contributed by atoms with E-state index in [9.17, 15) is 8.42 Å². The number of nitrogens with one attached hydrogen (secondary N) is 1. The molecule has 0 aromatic heterocycles. The summed E-state index contributed by atoms with van der Waals surface area (Å²) in [6.45, 7) is 4.11. The highest BCUT2D eigenvalue weighted by atomic mass is 32.2. The topological polar surface area (TPSA) is 46.2 Å². The summed E-state index contributed by atoms with van der Waals surface area (Å²) in [7, 11) is -3.06. The van der Waals surface area contributed by atoms with Gasteiger partial charge in [-0.25, -0.2) is 13.1 Å². The number of hydrogen-bond donors (Lipinski definition) is 1. The molecule has 3 nitrogen and oxygen atoms in total. The van der Waals surface area contributed by atoms with Gasteiger partial charge in [-0.1, -0.05) is 39.5 Å². The maximum atomic E-state index is 12.0. The molecule has 1 unspecified atom stereocenters. The zero-order valence-corrected chi connectivity index (χ0v) is 11.4. The van der Waals surface area contributed by atoms with Crippen molar-refractivity contribution in [3.63, 3.8) is 0 Å². The minimum Gasteiger partial charge on any atom is -0.212 e.